The summed E-state index contributed by atoms with van der Waals surface area (Å²) in [6.45, 7) is 17.7. The fraction of sp³-hybridized carbons (Fsp3) is 0.351. The van der Waals surface area contributed by atoms with Gasteiger partial charge in [0.15, 0.2) is 0 Å². The average Bonchev–Trinajstić information content (AvgIpc) is 2.95. The first-order valence-corrected chi connectivity index (χ1v) is 15.4. The lowest BCUT2D eigenvalue weighted by Crippen LogP contribution is -2.20. The number of fused-ring (bicyclic) bond motifs is 1. The van der Waals surface area contributed by atoms with Crippen molar-refractivity contribution in [1.29, 1.82) is 0 Å². The van der Waals surface area contributed by atoms with E-state index in [1.54, 1.807) is 0 Å². The second-order valence-corrected chi connectivity index (χ2v) is 12.7. The molecule has 0 amide bonds. The van der Waals surface area contributed by atoms with Crippen LogP contribution >= 0.6 is 24.2 Å². The molecular weight excluding hydrogens is 526 g/mol. The third kappa shape index (κ3) is 8.18. The molecule has 0 bridgehead atoms. The van der Waals surface area contributed by atoms with Gasteiger partial charge in [-0.2, -0.15) is 12.6 Å². The first-order chi connectivity index (χ1) is 19.1. The summed E-state index contributed by atoms with van der Waals surface area (Å²) in [6.07, 6.45) is 10.7. The zero-order valence-corrected chi connectivity index (χ0v) is 26.7. The van der Waals surface area contributed by atoms with E-state index in [2.05, 4.69) is 127 Å². The van der Waals surface area contributed by atoms with Crippen molar-refractivity contribution in [2.75, 3.05) is 5.32 Å². The highest BCUT2D eigenvalue weighted by Crippen LogP contribution is 2.39. The molecule has 1 aliphatic carbocycles. The van der Waals surface area contributed by atoms with Gasteiger partial charge in [-0.3, -0.25) is 0 Å². The Kier molecular flexibility index (Phi) is 11.8. The minimum absolute atomic E-state index is 0.198. The van der Waals surface area contributed by atoms with Gasteiger partial charge >= 0.3 is 0 Å². The Morgan fingerprint density at radius 1 is 1.02 bits per heavy atom. The van der Waals surface area contributed by atoms with E-state index >= 15 is 0 Å². The van der Waals surface area contributed by atoms with Crippen LogP contribution in [0.25, 0.3) is 10.8 Å². The molecule has 0 fully saturated rings. The largest absolute Gasteiger partial charge is 0.361 e. The van der Waals surface area contributed by atoms with Crippen LogP contribution in [0.2, 0.25) is 0 Å². The van der Waals surface area contributed by atoms with Crippen LogP contribution in [0.1, 0.15) is 71.4 Å². The van der Waals surface area contributed by atoms with Gasteiger partial charge in [0.1, 0.15) is 0 Å². The van der Waals surface area contributed by atoms with Crippen molar-refractivity contribution in [3.05, 3.63) is 125 Å². The molecule has 40 heavy (non-hydrogen) atoms. The van der Waals surface area contributed by atoms with Crippen LogP contribution in [0.5, 0.6) is 0 Å². The zero-order valence-electron chi connectivity index (χ0n) is 25.1. The molecule has 0 aromatic heterocycles. The number of allylic oxidation sites excluding steroid dienone is 6. The molecule has 3 aromatic carbocycles. The lowest BCUT2D eigenvalue weighted by molar-refractivity contribution is 0.560. The molecule has 1 unspecified atom stereocenters. The fourth-order valence-electron chi connectivity index (χ4n) is 5.01. The van der Waals surface area contributed by atoms with Gasteiger partial charge in [0.25, 0.3) is 0 Å². The number of para-hydroxylation sites is 1. The molecule has 0 saturated heterocycles. The van der Waals surface area contributed by atoms with Crippen LogP contribution in [0.4, 0.5) is 5.69 Å². The maximum atomic E-state index is 6.82. The molecular formula is C37H46ClNS. The number of nitrogens with one attached hydrogen (secondary N) is 1. The molecule has 0 aliphatic heterocycles. The highest BCUT2D eigenvalue weighted by atomic mass is 35.5. The summed E-state index contributed by atoms with van der Waals surface area (Å²) >= 11 is 11.1. The van der Waals surface area contributed by atoms with Gasteiger partial charge in [-0.15, -0.1) is 0 Å². The zero-order chi connectivity index (χ0) is 29.3. The SMILES string of the molecule is C=C(/C=C/C1=C(Cl)C(=C/Nc2ccccc2)/CCC1)C(C)(C)c1c(C)ccc2ccccc12.CC[C@H](C)C(C)S. The molecule has 4 rings (SSSR count). The number of anilines is 1. The number of hydrogen-bond acceptors (Lipinski definition) is 2. The molecule has 1 N–H and O–H groups in total. The van der Waals surface area contributed by atoms with Crippen molar-refractivity contribution in [2.45, 2.75) is 77.9 Å². The maximum absolute atomic E-state index is 6.82. The summed E-state index contributed by atoms with van der Waals surface area (Å²) in [5.41, 5.74) is 6.91. The summed E-state index contributed by atoms with van der Waals surface area (Å²) < 4.78 is 0. The summed E-state index contributed by atoms with van der Waals surface area (Å²) in [5, 5.41) is 7.35. The summed E-state index contributed by atoms with van der Waals surface area (Å²) in [5.74, 6) is 0.767. The van der Waals surface area contributed by atoms with Gasteiger partial charge in [0.2, 0.25) is 0 Å². The van der Waals surface area contributed by atoms with Gasteiger partial charge in [0.05, 0.1) is 0 Å². The first-order valence-electron chi connectivity index (χ1n) is 14.5. The van der Waals surface area contributed by atoms with Crippen molar-refractivity contribution >= 4 is 40.7 Å². The molecule has 2 atom stereocenters. The Bertz CT molecular complexity index is 1380. The second kappa shape index (κ2) is 14.8. The van der Waals surface area contributed by atoms with E-state index in [0.717, 1.165) is 47.0 Å². The monoisotopic (exact) mass is 571 g/mol. The van der Waals surface area contributed by atoms with Crippen LogP contribution in [-0.4, -0.2) is 5.25 Å². The number of thiol groups is 1. The predicted molar refractivity (Wildman–Crippen MR) is 183 cm³/mol. The molecule has 1 aliphatic rings. The molecule has 0 saturated carbocycles. The van der Waals surface area contributed by atoms with Gasteiger partial charge < -0.3 is 5.32 Å². The van der Waals surface area contributed by atoms with Crippen molar-refractivity contribution in [3.8, 4) is 0 Å². The van der Waals surface area contributed by atoms with E-state index in [0.29, 0.717) is 5.25 Å². The van der Waals surface area contributed by atoms with Crippen molar-refractivity contribution in [2.24, 2.45) is 5.92 Å². The van der Waals surface area contributed by atoms with E-state index < -0.39 is 0 Å². The number of benzene rings is 3. The van der Waals surface area contributed by atoms with E-state index in [1.807, 2.05) is 24.4 Å². The van der Waals surface area contributed by atoms with Crippen LogP contribution in [0.3, 0.4) is 0 Å². The molecule has 3 aromatic rings. The number of aryl methyl sites for hydroxylation is 1. The van der Waals surface area contributed by atoms with Crippen LogP contribution in [0, 0.1) is 12.8 Å². The van der Waals surface area contributed by atoms with Crippen LogP contribution in [0.15, 0.2) is 113 Å². The smallest absolute Gasteiger partial charge is 0.0484 e. The lowest BCUT2D eigenvalue weighted by atomic mass is 9.74. The van der Waals surface area contributed by atoms with Gasteiger partial charge in [-0.1, -0.05) is 126 Å². The molecule has 0 heterocycles. The second-order valence-electron chi connectivity index (χ2n) is 11.5. The van der Waals surface area contributed by atoms with E-state index in [9.17, 15) is 0 Å². The van der Waals surface area contributed by atoms with Gasteiger partial charge in [0, 0.05) is 27.6 Å². The number of halogens is 1. The average molecular weight is 572 g/mol. The Hall–Kier alpha value is -2.68. The summed E-state index contributed by atoms with van der Waals surface area (Å²) in [4.78, 5) is 0. The normalized spacial score (nSPS) is 16.6. The minimum Gasteiger partial charge on any atom is -0.361 e. The van der Waals surface area contributed by atoms with E-state index in [4.69, 9.17) is 11.6 Å². The van der Waals surface area contributed by atoms with Crippen molar-refractivity contribution in [1.82, 2.24) is 0 Å². The molecule has 212 valence electrons. The Morgan fingerprint density at radius 3 is 2.35 bits per heavy atom. The highest BCUT2D eigenvalue weighted by Gasteiger charge is 2.27. The molecule has 0 radical (unpaired) electrons. The Morgan fingerprint density at radius 2 is 1.70 bits per heavy atom. The highest BCUT2D eigenvalue weighted by molar-refractivity contribution is 7.80. The molecule has 0 spiro atoms. The van der Waals surface area contributed by atoms with Crippen molar-refractivity contribution < 1.29 is 0 Å². The topological polar surface area (TPSA) is 12.0 Å². The first kappa shape index (κ1) is 31.8. The quantitative estimate of drug-likeness (QED) is 0.202. The Labute approximate surface area is 253 Å². The molecule has 3 heteroatoms. The van der Waals surface area contributed by atoms with E-state index in [-0.39, 0.29) is 5.41 Å². The van der Waals surface area contributed by atoms with Gasteiger partial charge in [-0.05, 0) is 82.9 Å². The third-order valence-electron chi connectivity index (χ3n) is 8.16. The van der Waals surface area contributed by atoms with Crippen molar-refractivity contribution in [3.63, 3.8) is 0 Å². The number of hydrogen-bond donors (Lipinski definition) is 2. The van der Waals surface area contributed by atoms with Gasteiger partial charge in [-0.25, -0.2) is 0 Å². The summed E-state index contributed by atoms with van der Waals surface area (Å²) in [7, 11) is 0. The lowest BCUT2D eigenvalue weighted by Gasteiger charge is -2.30. The standard InChI is InChI=1S/C31H32ClN.C6H14S/c1-22-17-19-24-11-8-9-16-28(24)29(22)31(3,4)23(2)18-20-25-12-10-13-26(30(25)32)21-33-27-14-6-5-7-15-27;1-4-5(2)6(3)7/h5-9,11,14-21,33H,2,10,12-13H2,1,3-4H3;5-7H,4H2,1-3H3/b20-18+,26-21+;/t;5-,6?/m.0/s1. The Balaban J connectivity index is 0.000000559. The van der Waals surface area contributed by atoms with E-state index in [1.165, 1.54) is 33.9 Å². The predicted octanol–water partition coefficient (Wildman–Crippen LogP) is 11.6. The molecule has 1 nitrogen and oxygen atoms in total. The van der Waals surface area contributed by atoms with Crippen LogP contribution in [-0.2, 0) is 5.41 Å². The maximum Gasteiger partial charge on any atom is 0.0484 e. The van der Waals surface area contributed by atoms with Crippen LogP contribution < -0.4 is 5.32 Å². The third-order valence-corrected chi connectivity index (χ3v) is 9.16. The fourth-order valence-corrected chi connectivity index (χ4v) is 5.53. The number of rotatable bonds is 8. The minimum atomic E-state index is -0.198. The summed E-state index contributed by atoms with van der Waals surface area (Å²) in [6, 6.07) is 23.2.